The molecule has 0 bridgehead atoms. The number of nitrogens with one attached hydrogen (secondary N) is 1. The molecule has 0 amide bonds. The molecular weight excluding hydrogens is 299 g/mol. The van der Waals surface area contributed by atoms with E-state index in [1.165, 1.54) is 12.1 Å². The van der Waals surface area contributed by atoms with Crippen molar-refractivity contribution < 1.29 is 9.50 Å². The Kier molecular flexibility index (Phi) is 4.76. The van der Waals surface area contributed by atoms with Crippen LogP contribution in [0.15, 0.2) is 48.7 Å². The highest BCUT2D eigenvalue weighted by molar-refractivity contribution is 7.99. The minimum Gasteiger partial charge on any atom is -0.388 e. The van der Waals surface area contributed by atoms with E-state index in [1.807, 2.05) is 18.2 Å². The summed E-state index contributed by atoms with van der Waals surface area (Å²) in [6, 6.07) is 12.0. The first-order valence-corrected chi connectivity index (χ1v) is 8.52. The van der Waals surface area contributed by atoms with Gasteiger partial charge >= 0.3 is 0 Å². The first kappa shape index (κ1) is 15.5. The van der Waals surface area contributed by atoms with Crippen LogP contribution in [0.2, 0.25) is 0 Å². The molecule has 1 aromatic heterocycles. The van der Waals surface area contributed by atoms with Gasteiger partial charge in [0.1, 0.15) is 5.82 Å². The quantitative estimate of drug-likeness (QED) is 0.890. The zero-order valence-electron chi connectivity index (χ0n) is 12.2. The topological polar surface area (TPSA) is 45.1 Å². The summed E-state index contributed by atoms with van der Waals surface area (Å²) >= 11 is 1.77. The Bertz CT molecular complexity index is 600. The molecule has 1 aromatic carbocycles. The number of aliphatic hydroxyl groups is 1. The Hall–Kier alpha value is -1.43. The van der Waals surface area contributed by atoms with Crippen LogP contribution in [0, 0.1) is 5.82 Å². The van der Waals surface area contributed by atoms with Crippen molar-refractivity contribution in [3.63, 3.8) is 0 Å². The van der Waals surface area contributed by atoms with E-state index >= 15 is 0 Å². The minimum absolute atomic E-state index is 0.156. The summed E-state index contributed by atoms with van der Waals surface area (Å²) in [5.41, 5.74) is 1.13. The normalized spacial score (nSPS) is 22.6. The Morgan fingerprint density at radius 3 is 2.73 bits per heavy atom. The van der Waals surface area contributed by atoms with Crippen LogP contribution in [0.5, 0.6) is 0 Å². The van der Waals surface area contributed by atoms with Crippen LogP contribution < -0.4 is 5.32 Å². The summed E-state index contributed by atoms with van der Waals surface area (Å²) in [5, 5.41) is 13.9. The first-order chi connectivity index (χ1) is 10.7. The van der Waals surface area contributed by atoms with E-state index in [9.17, 15) is 9.50 Å². The highest BCUT2D eigenvalue weighted by Gasteiger charge is 2.32. The molecule has 0 aliphatic carbocycles. The third-order valence-electron chi connectivity index (χ3n) is 3.90. The predicted octanol–water partition coefficient (Wildman–Crippen LogP) is 2.77. The second kappa shape index (κ2) is 6.77. The van der Waals surface area contributed by atoms with Crippen molar-refractivity contribution in [2.24, 2.45) is 0 Å². The molecule has 2 N–H and O–H groups in total. The molecule has 3 nitrogen and oxygen atoms in total. The third-order valence-corrected chi connectivity index (χ3v) is 5.14. The average Bonchev–Trinajstić information content (AvgIpc) is 2.97. The van der Waals surface area contributed by atoms with Crippen molar-refractivity contribution in [1.29, 1.82) is 0 Å². The fraction of sp³-hybridized carbons (Fsp3) is 0.353. The molecular formula is C17H19FN2OS. The molecule has 2 aromatic rings. The second-order valence-corrected chi connectivity index (χ2v) is 6.75. The van der Waals surface area contributed by atoms with E-state index in [1.54, 1.807) is 30.1 Å². The highest BCUT2D eigenvalue weighted by Crippen LogP contribution is 2.29. The van der Waals surface area contributed by atoms with Crippen LogP contribution in [0.3, 0.4) is 0 Å². The number of thioether (sulfide) groups is 1. The molecule has 116 valence electrons. The van der Waals surface area contributed by atoms with Gasteiger partial charge in [0.2, 0.25) is 0 Å². The van der Waals surface area contributed by atoms with Crippen molar-refractivity contribution in [3.05, 3.63) is 65.7 Å². The molecule has 0 spiro atoms. The van der Waals surface area contributed by atoms with Gasteiger partial charge in [-0.25, -0.2) is 4.39 Å². The summed E-state index contributed by atoms with van der Waals surface area (Å²) in [6.45, 7) is 0.499. The van der Waals surface area contributed by atoms with Crippen molar-refractivity contribution >= 4 is 11.8 Å². The highest BCUT2D eigenvalue weighted by atomic mass is 32.2. The summed E-state index contributed by atoms with van der Waals surface area (Å²) in [5.74, 6) is 1.48. The van der Waals surface area contributed by atoms with Crippen LogP contribution in [0.25, 0.3) is 0 Å². The monoisotopic (exact) mass is 318 g/mol. The van der Waals surface area contributed by atoms with Gasteiger partial charge in [-0.1, -0.05) is 18.2 Å². The number of hydrogen-bond acceptors (Lipinski definition) is 4. The second-order valence-electron chi connectivity index (χ2n) is 5.65. The molecule has 0 saturated carbocycles. The number of aromatic nitrogens is 1. The first-order valence-electron chi connectivity index (χ1n) is 7.36. The predicted molar refractivity (Wildman–Crippen MR) is 87.4 cm³/mol. The van der Waals surface area contributed by atoms with Crippen LogP contribution in [0.1, 0.15) is 23.7 Å². The van der Waals surface area contributed by atoms with Crippen molar-refractivity contribution in [2.75, 3.05) is 18.1 Å². The summed E-state index contributed by atoms with van der Waals surface area (Å²) in [4.78, 5) is 4.40. The molecule has 1 aliphatic heterocycles. The zero-order valence-corrected chi connectivity index (χ0v) is 13.0. The smallest absolute Gasteiger partial charge is 0.123 e. The molecule has 0 radical (unpaired) electrons. The van der Waals surface area contributed by atoms with Gasteiger partial charge in [-0.3, -0.25) is 4.98 Å². The molecule has 2 unspecified atom stereocenters. The maximum absolute atomic E-state index is 13.2. The summed E-state index contributed by atoms with van der Waals surface area (Å²) in [7, 11) is 0. The van der Waals surface area contributed by atoms with Gasteiger partial charge < -0.3 is 10.4 Å². The summed E-state index contributed by atoms with van der Waals surface area (Å²) < 4.78 is 13.2. The lowest BCUT2D eigenvalue weighted by atomic mass is 9.99. The third kappa shape index (κ3) is 3.66. The average molecular weight is 318 g/mol. The van der Waals surface area contributed by atoms with E-state index in [-0.39, 0.29) is 11.9 Å². The molecule has 2 atom stereocenters. The van der Waals surface area contributed by atoms with Gasteiger partial charge in [-0.15, -0.1) is 0 Å². The SMILES string of the molecule is OC1(CNC(c2ccc(F)cc2)c2ccccn2)CCSC1. The van der Waals surface area contributed by atoms with Crippen LogP contribution >= 0.6 is 11.8 Å². The lowest BCUT2D eigenvalue weighted by Gasteiger charge is -2.26. The van der Waals surface area contributed by atoms with Crippen LogP contribution in [-0.2, 0) is 0 Å². The van der Waals surface area contributed by atoms with E-state index in [0.29, 0.717) is 6.54 Å². The van der Waals surface area contributed by atoms with Crippen molar-refractivity contribution in [1.82, 2.24) is 10.3 Å². The molecule has 1 fully saturated rings. The van der Waals surface area contributed by atoms with Gasteiger partial charge in [-0.2, -0.15) is 11.8 Å². The fourth-order valence-corrected chi connectivity index (χ4v) is 3.92. The number of rotatable bonds is 5. The standard InChI is InChI=1S/C17H19FN2OS/c18-14-6-4-13(5-7-14)16(15-3-1-2-9-19-15)20-11-17(21)8-10-22-12-17/h1-7,9,16,20-21H,8,10-12H2. The Labute approximate surface area is 134 Å². The Morgan fingerprint density at radius 2 is 2.09 bits per heavy atom. The maximum atomic E-state index is 13.2. The molecule has 22 heavy (non-hydrogen) atoms. The maximum Gasteiger partial charge on any atom is 0.123 e. The number of halogens is 1. The van der Waals surface area contributed by atoms with Gasteiger partial charge in [0.05, 0.1) is 17.3 Å². The van der Waals surface area contributed by atoms with Crippen LogP contribution in [-0.4, -0.2) is 33.7 Å². The lowest BCUT2D eigenvalue weighted by molar-refractivity contribution is 0.0657. The Morgan fingerprint density at radius 1 is 1.27 bits per heavy atom. The largest absolute Gasteiger partial charge is 0.388 e. The number of hydrogen-bond donors (Lipinski definition) is 2. The van der Waals surface area contributed by atoms with E-state index in [0.717, 1.165) is 29.2 Å². The van der Waals surface area contributed by atoms with Gasteiger partial charge in [0.15, 0.2) is 0 Å². The molecule has 3 rings (SSSR count). The minimum atomic E-state index is -0.669. The van der Waals surface area contributed by atoms with E-state index in [2.05, 4.69) is 10.3 Å². The van der Waals surface area contributed by atoms with E-state index < -0.39 is 5.60 Å². The number of benzene rings is 1. The molecule has 5 heteroatoms. The fourth-order valence-electron chi connectivity index (χ4n) is 2.62. The van der Waals surface area contributed by atoms with Gasteiger partial charge in [-0.05, 0) is 42.0 Å². The summed E-state index contributed by atoms with van der Waals surface area (Å²) in [6.07, 6.45) is 2.54. The van der Waals surface area contributed by atoms with E-state index in [4.69, 9.17) is 0 Å². The zero-order chi connectivity index (χ0) is 15.4. The Balaban J connectivity index is 1.81. The van der Waals surface area contributed by atoms with Crippen molar-refractivity contribution in [2.45, 2.75) is 18.1 Å². The molecule has 1 aliphatic rings. The number of nitrogens with zero attached hydrogens (tertiary/aromatic N) is 1. The van der Waals surface area contributed by atoms with Gasteiger partial charge in [0, 0.05) is 18.5 Å². The number of pyridine rings is 1. The molecule has 1 saturated heterocycles. The van der Waals surface area contributed by atoms with Crippen LogP contribution in [0.4, 0.5) is 4.39 Å². The lowest BCUT2D eigenvalue weighted by Crippen LogP contribution is -2.42. The van der Waals surface area contributed by atoms with Crippen molar-refractivity contribution in [3.8, 4) is 0 Å². The molecule has 2 heterocycles. The van der Waals surface area contributed by atoms with Gasteiger partial charge in [0.25, 0.3) is 0 Å².